The van der Waals surface area contributed by atoms with E-state index in [2.05, 4.69) is 15.0 Å². The third-order valence-corrected chi connectivity index (χ3v) is 6.47. The number of aryl methyl sites for hydroxylation is 2. The lowest BCUT2D eigenvalue weighted by Crippen LogP contribution is -2.23. The summed E-state index contributed by atoms with van der Waals surface area (Å²) in [6.07, 6.45) is 2.22. The lowest BCUT2D eigenvalue weighted by Gasteiger charge is -2.16. The van der Waals surface area contributed by atoms with Gasteiger partial charge in [-0.05, 0) is 39.3 Å². The molecule has 7 nitrogen and oxygen atoms in total. The molecule has 4 rings (SSSR count). The number of hydrogen-bond acceptors (Lipinski definition) is 7. The molecular weight excluding hydrogens is 498 g/mol. The van der Waals surface area contributed by atoms with E-state index in [4.69, 9.17) is 19.1 Å². The monoisotopic (exact) mass is 520 g/mol. The van der Waals surface area contributed by atoms with Crippen molar-refractivity contribution in [3.05, 3.63) is 84.9 Å². The molecule has 0 aliphatic heterocycles. The Morgan fingerprint density at radius 2 is 1.94 bits per heavy atom. The molecule has 4 aromatic heterocycles. The summed E-state index contributed by atoms with van der Waals surface area (Å²) in [6.45, 7) is 3.74. The van der Waals surface area contributed by atoms with Gasteiger partial charge in [-0.2, -0.15) is 0 Å². The Hall–Kier alpha value is -3.21. The molecule has 182 valence electrons. The van der Waals surface area contributed by atoms with E-state index < -0.39 is 40.1 Å². The van der Waals surface area contributed by atoms with Crippen LogP contribution in [0.3, 0.4) is 0 Å². The van der Waals surface area contributed by atoms with Crippen molar-refractivity contribution in [2.45, 2.75) is 39.9 Å². The molecule has 0 bridgehead atoms. The van der Waals surface area contributed by atoms with Crippen LogP contribution in [0.4, 0.5) is 8.78 Å². The number of thiazole rings is 1. The van der Waals surface area contributed by atoms with Crippen LogP contribution in [0.2, 0.25) is 5.02 Å². The largest absolute Gasteiger partial charge is 0.485 e. The summed E-state index contributed by atoms with van der Waals surface area (Å²) in [5, 5.41) is 12.0. The summed E-state index contributed by atoms with van der Waals surface area (Å²) in [5.74, 6) is -2.56. The average molecular weight is 521 g/mol. The molecule has 0 aliphatic carbocycles. The highest BCUT2D eigenvalue weighted by molar-refractivity contribution is 7.10. The van der Waals surface area contributed by atoms with Gasteiger partial charge in [-0.15, -0.1) is 11.3 Å². The van der Waals surface area contributed by atoms with E-state index in [1.807, 2.05) is 0 Å². The molecule has 0 atom stereocenters. The highest BCUT2D eigenvalue weighted by atomic mass is 35.5. The smallest absolute Gasteiger partial charge is 0.277 e. The molecule has 0 aliphatic rings. The van der Waals surface area contributed by atoms with E-state index in [9.17, 15) is 18.7 Å². The van der Waals surface area contributed by atoms with Gasteiger partial charge in [0, 0.05) is 29.4 Å². The van der Waals surface area contributed by atoms with Crippen molar-refractivity contribution >= 4 is 22.9 Å². The van der Waals surface area contributed by atoms with Crippen LogP contribution in [0.5, 0.6) is 5.75 Å². The lowest BCUT2D eigenvalue weighted by atomic mass is 10.1. The van der Waals surface area contributed by atoms with Gasteiger partial charge in [-0.25, -0.2) is 13.8 Å². The first-order chi connectivity index (χ1) is 17.2. The minimum absolute atomic E-state index is 0.336. The van der Waals surface area contributed by atoms with Crippen molar-refractivity contribution < 1.29 is 21.4 Å². The van der Waals surface area contributed by atoms with Crippen molar-refractivity contribution in [3.8, 4) is 22.8 Å². The third-order valence-electron chi connectivity index (χ3n) is 4.97. The van der Waals surface area contributed by atoms with Gasteiger partial charge in [0.05, 0.1) is 20.3 Å². The van der Waals surface area contributed by atoms with Crippen LogP contribution >= 0.6 is 22.9 Å². The highest BCUT2D eigenvalue weighted by Gasteiger charge is 2.22. The number of nitrogens with zero attached hydrogens (tertiary/aromatic N) is 4. The van der Waals surface area contributed by atoms with Crippen molar-refractivity contribution in [1.82, 2.24) is 19.5 Å². The predicted octanol–water partition coefficient (Wildman–Crippen LogP) is 5.11. The molecular formula is C24H21ClF2N4O3S. The predicted molar refractivity (Wildman–Crippen MR) is 129 cm³/mol. The van der Waals surface area contributed by atoms with Crippen LogP contribution in [0.25, 0.3) is 17.1 Å². The van der Waals surface area contributed by atoms with Gasteiger partial charge in [0.1, 0.15) is 45.1 Å². The molecule has 0 saturated carbocycles. The van der Waals surface area contributed by atoms with Crippen molar-refractivity contribution in [3.63, 3.8) is 0 Å². The Morgan fingerprint density at radius 3 is 2.60 bits per heavy atom. The SMILES string of the molecule is [2H]C([2H])(Oc1cc(C)n(-c2cc(-c3csc(C(C)(C)O)n3)ncc2C)c(=O)c1Cl)c1ncc(F)cc1F. The van der Waals surface area contributed by atoms with Gasteiger partial charge in [-0.1, -0.05) is 11.6 Å². The molecule has 1 N–H and O–H groups in total. The van der Waals surface area contributed by atoms with Crippen molar-refractivity contribution in [1.29, 1.82) is 0 Å². The minimum Gasteiger partial charge on any atom is -0.485 e. The van der Waals surface area contributed by atoms with E-state index >= 15 is 0 Å². The number of aliphatic hydroxyl groups is 1. The lowest BCUT2D eigenvalue weighted by molar-refractivity contribution is 0.0783. The third kappa shape index (κ3) is 5.09. The number of hydrogen-bond donors (Lipinski definition) is 1. The number of aromatic nitrogens is 4. The quantitative estimate of drug-likeness (QED) is 0.380. The van der Waals surface area contributed by atoms with Gasteiger partial charge in [0.2, 0.25) is 0 Å². The molecule has 4 aromatic rings. The number of pyridine rings is 3. The highest BCUT2D eigenvalue weighted by Crippen LogP contribution is 2.30. The summed E-state index contributed by atoms with van der Waals surface area (Å²) in [5.41, 5.74) is -0.219. The zero-order chi connectivity index (χ0) is 27.3. The summed E-state index contributed by atoms with van der Waals surface area (Å²) >= 11 is 7.57. The Kier molecular flexibility index (Phi) is 6.01. The van der Waals surface area contributed by atoms with E-state index in [0.29, 0.717) is 45.6 Å². The van der Waals surface area contributed by atoms with Gasteiger partial charge in [-0.3, -0.25) is 19.3 Å². The second-order valence-electron chi connectivity index (χ2n) is 8.25. The van der Waals surface area contributed by atoms with E-state index in [-0.39, 0.29) is 5.75 Å². The maximum absolute atomic E-state index is 14.1. The summed E-state index contributed by atoms with van der Waals surface area (Å²) in [4.78, 5) is 25.6. The standard InChI is InChI=1S/C24H21ClF2N4O3S/c1-12-8-28-16(18-11-35-23(30-18)24(3,4)33)7-19(12)31-13(2)5-20(21(25)22(31)32)34-10-17-15(27)6-14(26)9-29-17/h5-9,11,33H,10H2,1-4H3/i10D2. The first-order valence-corrected chi connectivity index (χ1v) is 11.5. The first kappa shape index (κ1) is 22.3. The zero-order valence-electron chi connectivity index (χ0n) is 21.1. The molecule has 35 heavy (non-hydrogen) atoms. The Bertz CT molecular complexity index is 1570. The van der Waals surface area contributed by atoms with Crippen LogP contribution in [-0.4, -0.2) is 24.6 Å². The number of halogens is 3. The van der Waals surface area contributed by atoms with E-state index in [0.717, 1.165) is 0 Å². The van der Waals surface area contributed by atoms with Crippen molar-refractivity contribution in [2.75, 3.05) is 0 Å². The normalized spacial score (nSPS) is 12.9. The van der Waals surface area contributed by atoms with Crippen LogP contribution in [-0.2, 0) is 12.2 Å². The summed E-state index contributed by atoms with van der Waals surface area (Å²) in [6, 6.07) is 3.46. The number of ether oxygens (including phenoxy) is 1. The summed E-state index contributed by atoms with van der Waals surface area (Å²) in [7, 11) is 0. The van der Waals surface area contributed by atoms with Crippen molar-refractivity contribution in [2.24, 2.45) is 0 Å². The second kappa shape index (κ2) is 9.44. The van der Waals surface area contributed by atoms with Gasteiger partial charge >= 0.3 is 0 Å². The van der Waals surface area contributed by atoms with Gasteiger partial charge in [0.25, 0.3) is 5.56 Å². The Balaban J connectivity index is 1.76. The van der Waals surface area contributed by atoms with Crippen LogP contribution in [0, 0.1) is 25.5 Å². The molecule has 0 aromatic carbocycles. The molecule has 0 amide bonds. The molecule has 11 heteroatoms. The fraction of sp³-hybridized carbons (Fsp3) is 0.250. The van der Waals surface area contributed by atoms with E-state index in [1.54, 1.807) is 45.3 Å². The van der Waals surface area contributed by atoms with Crippen LogP contribution in [0.15, 0.2) is 40.8 Å². The average Bonchev–Trinajstić information content (AvgIpc) is 3.29. The molecule has 0 saturated heterocycles. The maximum atomic E-state index is 14.1. The molecule has 0 unspecified atom stereocenters. The first-order valence-electron chi connectivity index (χ1n) is 11.3. The summed E-state index contributed by atoms with van der Waals surface area (Å²) < 4.78 is 50.1. The molecule has 4 heterocycles. The minimum atomic E-state index is -2.85. The molecule has 0 spiro atoms. The zero-order valence-corrected chi connectivity index (χ0v) is 20.6. The Labute approximate surface area is 211 Å². The number of rotatable bonds is 6. The topological polar surface area (TPSA) is 90.1 Å². The fourth-order valence-corrected chi connectivity index (χ4v) is 4.23. The Morgan fingerprint density at radius 1 is 1.20 bits per heavy atom. The van der Waals surface area contributed by atoms with Gasteiger partial charge < -0.3 is 9.84 Å². The maximum Gasteiger partial charge on any atom is 0.277 e. The van der Waals surface area contributed by atoms with E-state index in [1.165, 1.54) is 22.0 Å². The molecule has 0 radical (unpaired) electrons. The second-order valence-corrected chi connectivity index (χ2v) is 9.48. The van der Waals surface area contributed by atoms with Gasteiger partial charge in [0.15, 0.2) is 5.82 Å². The van der Waals surface area contributed by atoms with Crippen LogP contribution in [0.1, 0.15) is 38.5 Å². The fourth-order valence-electron chi connectivity index (χ4n) is 3.21. The molecule has 0 fully saturated rings. The van der Waals surface area contributed by atoms with Crippen LogP contribution < -0.4 is 10.3 Å².